The monoisotopic (exact) mass is 344 g/mol. The van der Waals surface area contributed by atoms with Crippen LogP contribution in [0.25, 0.3) is 0 Å². The molecule has 0 radical (unpaired) electrons. The van der Waals surface area contributed by atoms with Crippen LogP contribution in [0.3, 0.4) is 0 Å². The zero-order chi connectivity index (χ0) is 17.1. The van der Waals surface area contributed by atoms with Crippen molar-refractivity contribution in [2.45, 2.75) is 26.0 Å². The van der Waals surface area contributed by atoms with Gasteiger partial charge in [0.25, 0.3) is 11.8 Å². The predicted molar refractivity (Wildman–Crippen MR) is 94.6 cm³/mol. The van der Waals surface area contributed by atoms with Crippen LogP contribution in [0.15, 0.2) is 41.8 Å². The Morgan fingerprint density at radius 2 is 2.08 bits per heavy atom. The first kappa shape index (κ1) is 16.7. The molecular formula is C18H20N2O3S. The Balaban J connectivity index is 1.75. The van der Waals surface area contributed by atoms with Crippen molar-refractivity contribution < 1.29 is 14.3 Å². The molecule has 1 fully saturated rings. The Morgan fingerprint density at radius 3 is 2.83 bits per heavy atom. The summed E-state index contributed by atoms with van der Waals surface area (Å²) in [4.78, 5) is 27.4. The molecule has 1 aliphatic rings. The Kier molecular flexibility index (Phi) is 4.97. The number of anilines is 1. The zero-order valence-corrected chi connectivity index (χ0v) is 14.5. The van der Waals surface area contributed by atoms with Crippen molar-refractivity contribution in [2.75, 3.05) is 18.5 Å². The molecule has 2 atom stereocenters. The van der Waals surface area contributed by atoms with Gasteiger partial charge < -0.3 is 15.0 Å². The van der Waals surface area contributed by atoms with Gasteiger partial charge in [0.15, 0.2) is 0 Å². The number of carbonyl (C=O) groups excluding carboxylic acids is 2. The van der Waals surface area contributed by atoms with Gasteiger partial charge in [0.05, 0.1) is 23.6 Å². The molecule has 2 unspecified atom stereocenters. The second-order valence-electron chi connectivity index (χ2n) is 5.96. The van der Waals surface area contributed by atoms with Gasteiger partial charge in [0.2, 0.25) is 0 Å². The summed E-state index contributed by atoms with van der Waals surface area (Å²) in [5.41, 5.74) is 1.19. The Bertz CT molecular complexity index is 730. The van der Waals surface area contributed by atoms with Gasteiger partial charge in [-0.2, -0.15) is 0 Å². The molecule has 24 heavy (non-hydrogen) atoms. The van der Waals surface area contributed by atoms with Gasteiger partial charge in [-0.05, 0) is 43.5 Å². The minimum atomic E-state index is -0.164. The third-order valence-electron chi connectivity index (χ3n) is 3.98. The Morgan fingerprint density at radius 1 is 1.25 bits per heavy atom. The molecule has 5 nitrogen and oxygen atoms in total. The van der Waals surface area contributed by atoms with Crippen LogP contribution in [0.4, 0.5) is 5.69 Å². The molecule has 1 saturated heterocycles. The molecule has 6 heteroatoms. The van der Waals surface area contributed by atoms with Crippen LogP contribution in [-0.2, 0) is 4.74 Å². The van der Waals surface area contributed by atoms with Crippen molar-refractivity contribution in [2.24, 2.45) is 0 Å². The van der Waals surface area contributed by atoms with Crippen LogP contribution in [0.5, 0.6) is 0 Å². The van der Waals surface area contributed by atoms with Gasteiger partial charge in [-0.1, -0.05) is 12.1 Å². The quantitative estimate of drug-likeness (QED) is 0.930. The highest BCUT2D eigenvalue weighted by atomic mass is 32.1. The van der Waals surface area contributed by atoms with E-state index >= 15 is 0 Å². The lowest BCUT2D eigenvalue weighted by atomic mass is 10.1. The maximum absolute atomic E-state index is 12.8. The smallest absolute Gasteiger partial charge is 0.265 e. The van der Waals surface area contributed by atoms with Crippen molar-refractivity contribution >= 4 is 28.8 Å². The van der Waals surface area contributed by atoms with Crippen LogP contribution < -0.4 is 5.32 Å². The van der Waals surface area contributed by atoms with Gasteiger partial charge in [-0.15, -0.1) is 11.3 Å². The number of ether oxygens (including phenoxy) is 1. The summed E-state index contributed by atoms with van der Waals surface area (Å²) in [6.45, 7) is 5.06. The normalized spacial score (nSPS) is 20.7. The lowest BCUT2D eigenvalue weighted by molar-refractivity contribution is -0.0387. The summed E-state index contributed by atoms with van der Waals surface area (Å²) in [6, 6.07) is 10.7. The fourth-order valence-electron chi connectivity index (χ4n) is 2.68. The molecule has 2 amide bonds. The molecule has 126 valence electrons. The number of hydrogen-bond donors (Lipinski definition) is 1. The third-order valence-corrected chi connectivity index (χ3v) is 4.85. The van der Waals surface area contributed by atoms with E-state index in [2.05, 4.69) is 5.32 Å². The molecular weight excluding hydrogens is 324 g/mol. The van der Waals surface area contributed by atoms with E-state index in [0.29, 0.717) is 29.3 Å². The molecule has 1 aromatic heterocycles. The first-order valence-corrected chi connectivity index (χ1v) is 8.80. The van der Waals surface area contributed by atoms with E-state index in [9.17, 15) is 9.59 Å². The highest BCUT2D eigenvalue weighted by Crippen LogP contribution is 2.19. The van der Waals surface area contributed by atoms with Crippen molar-refractivity contribution in [1.82, 2.24) is 4.90 Å². The minimum absolute atomic E-state index is 0.0341. The van der Waals surface area contributed by atoms with E-state index in [1.54, 1.807) is 30.3 Å². The number of morpholine rings is 1. The van der Waals surface area contributed by atoms with Crippen LogP contribution >= 0.6 is 11.3 Å². The number of amides is 2. The van der Waals surface area contributed by atoms with E-state index in [4.69, 9.17) is 4.74 Å². The van der Waals surface area contributed by atoms with Crippen molar-refractivity contribution in [1.29, 1.82) is 0 Å². The maximum Gasteiger partial charge on any atom is 0.265 e. The molecule has 2 aromatic rings. The van der Waals surface area contributed by atoms with Gasteiger partial charge in [-0.3, -0.25) is 9.59 Å². The van der Waals surface area contributed by atoms with E-state index in [0.717, 1.165) is 0 Å². The second-order valence-corrected chi connectivity index (χ2v) is 6.91. The Hall–Kier alpha value is -2.18. The van der Waals surface area contributed by atoms with E-state index < -0.39 is 0 Å². The van der Waals surface area contributed by atoms with Crippen LogP contribution in [0.2, 0.25) is 0 Å². The number of nitrogens with zero attached hydrogens (tertiary/aromatic N) is 1. The lowest BCUT2D eigenvalue weighted by Crippen LogP contribution is -2.50. The van der Waals surface area contributed by atoms with Gasteiger partial charge in [0.1, 0.15) is 0 Å². The second kappa shape index (κ2) is 7.15. The molecule has 0 saturated carbocycles. The largest absolute Gasteiger partial charge is 0.375 e. The topological polar surface area (TPSA) is 58.6 Å². The molecule has 3 rings (SSSR count). The maximum atomic E-state index is 12.8. The summed E-state index contributed by atoms with van der Waals surface area (Å²) >= 11 is 1.38. The van der Waals surface area contributed by atoms with Gasteiger partial charge >= 0.3 is 0 Å². The van der Waals surface area contributed by atoms with Crippen LogP contribution in [-0.4, -0.2) is 42.0 Å². The molecule has 0 aliphatic carbocycles. The first-order valence-electron chi connectivity index (χ1n) is 7.92. The average Bonchev–Trinajstić information content (AvgIpc) is 3.11. The van der Waals surface area contributed by atoms with Crippen LogP contribution in [0, 0.1) is 0 Å². The van der Waals surface area contributed by atoms with Crippen molar-refractivity contribution in [3.8, 4) is 0 Å². The molecule has 2 heterocycles. The predicted octanol–water partition coefficient (Wildman–Crippen LogP) is 3.25. The average molecular weight is 344 g/mol. The number of hydrogen-bond acceptors (Lipinski definition) is 4. The number of benzene rings is 1. The summed E-state index contributed by atoms with van der Waals surface area (Å²) < 4.78 is 5.57. The summed E-state index contributed by atoms with van der Waals surface area (Å²) in [5.74, 6) is -0.201. The highest BCUT2D eigenvalue weighted by molar-refractivity contribution is 7.12. The van der Waals surface area contributed by atoms with E-state index in [1.165, 1.54) is 11.3 Å². The molecule has 1 N–H and O–H groups in total. The zero-order valence-electron chi connectivity index (χ0n) is 13.7. The summed E-state index contributed by atoms with van der Waals surface area (Å²) in [6.07, 6.45) is 0.0341. The molecule has 0 spiro atoms. The third kappa shape index (κ3) is 3.66. The summed E-state index contributed by atoms with van der Waals surface area (Å²) in [7, 11) is 0. The number of rotatable bonds is 3. The molecule has 1 aromatic carbocycles. The van der Waals surface area contributed by atoms with Crippen LogP contribution in [0.1, 0.15) is 33.9 Å². The van der Waals surface area contributed by atoms with Gasteiger partial charge in [-0.25, -0.2) is 0 Å². The number of carbonyl (C=O) groups is 2. The number of nitrogens with one attached hydrogen (secondary N) is 1. The molecule has 1 aliphatic heterocycles. The SMILES string of the molecule is CC1CN(C(=O)c2cccc(NC(=O)c3cccs3)c2)C(C)CO1. The summed E-state index contributed by atoms with van der Waals surface area (Å²) in [5, 5.41) is 4.70. The first-order chi connectivity index (χ1) is 11.5. The van der Waals surface area contributed by atoms with E-state index in [1.807, 2.05) is 30.2 Å². The standard InChI is InChI=1S/C18H20N2O3S/c1-12-11-23-13(2)10-20(12)18(22)14-5-3-6-15(9-14)19-17(21)16-7-4-8-24-16/h3-9,12-13H,10-11H2,1-2H3,(H,19,21). The fraction of sp³-hybridized carbons (Fsp3) is 0.333. The van der Waals surface area contributed by atoms with Crippen molar-refractivity contribution in [3.05, 3.63) is 52.2 Å². The Labute approximate surface area is 145 Å². The van der Waals surface area contributed by atoms with E-state index in [-0.39, 0.29) is 24.0 Å². The minimum Gasteiger partial charge on any atom is -0.375 e. The fourth-order valence-corrected chi connectivity index (χ4v) is 3.30. The molecule has 0 bridgehead atoms. The number of thiophene rings is 1. The lowest BCUT2D eigenvalue weighted by Gasteiger charge is -2.36. The van der Waals surface area contributed by atoms with Gasteiger partial charge in [0, 0.05) is 17.8 Å². The highest BCUT2D eigenvalue weighted by Gasteiger charge is 2.28. The van der Waals surface area contributed by atoms with Crippen molar-refractivity contribution in [3.63, 3.8) is 0 Å².